The lowest BCUT2D eigenvalue weighted by Crippen LogP contribution is -2.28. The van der Waals surface area contributed by atoms with Crippen LogP contribution in [0.2, 0.25) is 0 Å². The Kier molecular flexibility index (Phi) is 6.26. The molecule has 0 heterocycles. The molecule has 1 aromatic rings. The van der Waals surface area contributed by atoms with Gasteiger partial charge in [0.25, 0.3) is 0 Å². The van der Waals surface area contributed by atoms with Gasteiger partial charge in [0.15, 0.2) is 0 Å². The molecule has 27 heavy (non-hydrogen) atoms. The number of rotatable bonds is 4. The number of nitrogens with zero attached hydrogens (tertiary/aromatic N) is 1. The van der Waals surface area contributed by atoms with Gasteiger partial charge in [0.1, 0.15) is 5.70 Å². The van der Waals surface area contributed by atoms with Gasteiger partial charge in [0.2, 0.25) is 0 Å². The third-order valence-electron chi connectivity index (χ3n) is 4.53. The van der Waals surface area contributed by atoms with E-state index in [1.165, 1.54) is 6.07 Å². The van der Waals surface area contributed by atoms with Crippen molar-refractivity contribution >= 4 is 30.2 Å². The van der Waals surface area contributed by atoms with E-state index in [0.29, 0.717) is 35.4 Å². The first kappa shape index (κ1) is 21.3. The number of benzene rings is 1. The molecule has 1 saturated carbocycles. The average molecular weight is 401 g/mol. The first-order valence-corrected chi connectivity index (χ1v) is 8.76. The Hall–Kier alpha value is -2.00. The molecule has 5 nitrogen and oxygen atoms in total. The number of carboxylic acid groups (broad SMARTS) is 1. The standard InChI is InChI=1S/C18H22F3N3O2S/c1-17(2)6-5-14(12(8-17)15(22)16(25)26)24-13-4-3-11(18(19,20)21)7-10(13)9-23-27/h3-4,7,23,27H,5-6,8-9,22H2,1-2H3,(H,25,26). The number of carbonyl (C=O) groups is 1. The molecule has 0 unspecified atom stereocenters. The highest BCUT2D eigenvalue weighted by Gasteiger charge is 2.32. The Morgan fingerprint density at radius 3 is 2.63 bits per heavy atom. The van der Waals surface area contributed by atoms with Crippen LogP contribution in [0.25, 0.3) is 0 Å². The number of hydrogen-bond donors (Lipinski definition) is 4. The molecule has 2 rings (SSSR count). The molecular weight excluding hydrogens is 379 g/mol. The fraction of sp³-hybridized carbons (Fsp3) is 0.444. The maximum atomic E-state index is 13.0. The van der Waals surface area contributed by atoms with Gasteiger partial charge in [-0.25, -0.2) is 4.79 Å². The maximum Gasteiger partial charge on any atom is 0.416 e. The van der Waals surface area contributed by atoms with E-state index >= 15 is 0 Å². The van der Waals surface area contributed by atoms with Crippen molar-refractivity contribution in [1.29, 1.82) is 0 Å². The summed E-state index contributed by atoms with van der Waals surface area (Å²) in [7, 11) is 0. The Morgan fingerprint density at radius 1 is 1.41 bits per heavy atom. The summed E-state index contributed by atoms with van der Waals surface area (Å²) in [5, 5.41) is 9.27. The lowest BCUT2D eigenvalue weighted by molar-refractivity contribution is -0.137. The van der Waals surface area contributed by atoms with Gasteiger partial charge in [-0.1, -0.05) is 26.7 Å². The van der Waals surface area contributed by atoms with Crippen molar-refractivity contribution in [3.8, 4) is 0 Å². The molecule has 0 aromatic heterocycles. The normalized spacial score (nSPS) is 20.6. The minimum Gasteiger partial charge on any atom is -0.477 e. The molecule has 1 aliphatic rings. The monoisotopic (exact) mass is 401 g/mol. The van der Waals surface area contributed by atoms with Crippen LogP contribution >= 0.6 is 12.8 Å². The van der Waals surface area contributed by atoms with Crippen LogP contribution in [0.4, 0.5) is 18.9 Å². The van der Waals surface area contributed by atoms with E-state index in [0.717, 1.165) is 18.6 Å². The van der Waals surface area contributed by atoms with Crippen LogP contribution < -0.4 is 10.5 Å². The molecule has 1 aliphatic carbocycles. The molecule has 9 heteroatoms. The minimum atomic E-state index is -4.47. The van der Waals surface area contributed by atoms with Gasteiger partial charge in [-0.05, 0) is 48.4 Å². The molecule has 0 spiro atoms. The fourth-order valence-electron chi connectivity index (χ4n) is 3.02. The average Bonchev–Trinajstić information content (AvgIpc) is 2.56. The quantitative estimate of drug-likeness (QED) is 0.449. The van der Waals surface area contributed by atoms with Crippen LogP contribution in [0.5, 0.6) is 0 Å². The summed E-state index contributed by atoms with van der Waals surface area (Å²) in [6.45, 7) is 4.08. The molecule has 4 N–H and O–H groups in total. The van der Waals surface area contributed by atoms with Crippen molar-refractivity contribution in [2.45, 2.75) is 45.8 Å². The van der Waals surface area contributed by atoms with E-state index in [2.05, 4.69) is 22.5 Å². The first-order chi connectivity index (χ1) is 12.4. The topological polar surface area (TPSA) is 87.7 Å². The lowest BCUT2D eigenvalue weighted by Gasteiger charge is -2.32. The first-order valence-electron chi connectivity index (χ1n) is 8.31. The Labute approximate surface area is 161 Å². The second-order valence-electron chi connectivity index (χ2n) is 7.27. The smallest absolute Gasteiger partial charge is 0.416 e. The van der Waals surface area contributed by atoms with Gasteiger partial charge < -0.3 is 10.8 Å². The van der Waals surface area contributed by atoms with E-state index in [-0.39, 0.29) is 17.7 Å². The SMILES string of the molecule is CC1(C)CCC(=Nc2ccc(C(F)(F)F)cc2CNS)C(=C(N)C(=O)O)C1. The molecule has 0 amide bonds. The van der Waals surface area contributed by atoms with Gasteiger partial charge in [-0.15, -0.1) is 0 Å². The zero-order chi connectivity index (χ0) is 20.4. The summed E-state index contributed by atoms with van der Waals surface area (Å²) in [6.07, 6.45) is -2.77. The summed E-state index contributed by atoms with van der Waals surface area (Å²) in [5.74, 6) is -1.24. The molecule has 0 atom stereocenters. The van der Waals surface area contributed by atoms with Gasteiger partial charge in [-0.3, -0.25) is 9.71 Å². The Morgan fingerprint density at radius 2 is 2.07 bits per heavy atom. The molecule has 0 bridgehead atoms. The Bertz CT molecular complexity index is 802. The zero-order valence-corrected chi connectivity index (χ0v) is 15.9. The summed E-state index contributed by atoms with van der Waals surface area (Å²) < 4.78 is 41.5. The number of halogens is 3. The predicted molar refractivity (Wildman–Crippen MR) is 101 cm³/mol. The van der Waals surface area contributed by atoms with E-state index in [1.807, 2.05) is 13.8 Å². The molecule has 148 valence electrons. The largest absolute Gasteiger partial charge is 0.477 e. The van der Waals surface area contributed by atoms with Crippen molar-refractivity contribution in [2.24, 2.45) is 16.1 Å². The summed E-state index contributed by atoms with van der Waals surface area (Å²) in [6, 6.07) is 3.25. The van der Waals surface area contributed by atoms with E-state index in [9.17, 15) is 23.1 Å². The lowest BCUT2D eigenvalue weighted by atomic mass is 9.73. The molecule has 0 aliphatic heterocycles. The maximum absolute atomic E-state index is 13.0. The van der Waals surface area contributed by atoms with Crippen LogP contribution in [0.3, 0.4) is 0 Å². The summed E-state index contributed by atoms with van der Waals surface area (Å²) in [5.41, 5.74) is 6.14. The third-order valence-corrected chi connectivity index (χ3v) is 4.69. The van der Waals surface area contributed by atoms with Crippen molar-refractivity contribution in [1.82, 2.24) is 4.72 Å². The molecular formula is C18H22F3N3O2S. The van der Waals surface area contributed by atoms with Crippen molar-refractivity contribution in [3.63, 3.8) is 0 Å². The number of nitrogens with one attached hydrogen (secondary N) is 1. The van der Waals surface area contributed by atoms with Crippen LogP contribution in [0.1, 0.15) is 44.2 Å². The van der Waals surface area contributed by atoms with Crippen molar-refractivity contribution in [3.05, 3.63) is 40.6 Å². The van der Waals surface area contributed by atoms with Crippen molar-refractivity contribution < 1.29 is 23.1 Å². The second-order valence-corrected chi connectivity index (χ2v) is 7.59. The highest BCUT2D eigenvalue weighted by Crippen LogP contribution is 2.39. The van der Waals surface area contributed by atoms with Crippen molar-refractivity contribution in [2.75, 3.05) is 0 Å². The number of aliphatic carboxylic acids is 1. The van der Waals surface area contributed by atoms with Crippen LogP contribution in [-0.2, 0) is 17.5 Å². The molecule has 0 radical (unpaired) electrons. The van der Waals surface area contributed by atoms with Gasteiger partial charge >= 0.3 is 12.1 Å². The number of aliphatic imine (C=N–C) groups is 1. The zero-order valence-electron chi connectivity index (χ0n) is 15.0. The van der Waals surface area contributed by atoms with Crippen LogP contribution in [0.15, 0.2) is 34.5 Å². The van der Waals surface area contributed by atoms with Gasteiger partial charge in [0, 0.05) is 17.8 Å². The Balaban J connectivity index is 2.55. The number of hydrogen-bond acceptors (Lipinski definition) is 5. The number of alkyl halides is 3. The highest BCUT2D eigenvalue weighted by atomic mass is 32.1. The number of thiol groups is 1. The van der Waals surface area contributed by atoms with E-state index in [1.54, 1.807) is 0 Å². The molecule has 1 aromatic carbocycles. The fourth-order valence-corrected chi connectivity index (χ4v) is 3.19. The minimum absolute atomic E-state index is 0.0676. The number of carboxylic acids is 1. The van der Waals surface area contributed by atoms with E-state index in [4.69, 9.17) is 5.73 Å². The van der Waals surface area contributed by atoms with Gasteiger partial charge in [-0.2, -0.15) is 13.2 Å². The van der Waals surface area contributed by atoms with Crippen LogP contribution in [0, 0.1) is 5.41 Å². The summed E-state index contributed by atoms with van der Waals surface area (Å²) in [4.78, 5) is 15.8. The molecule has 0 saturated heterocycles. The number of allylic oxidation sites excluding steroid dienone is 1. The molecule has 1 fully saturated rings. The van der Waals surface area contributed by atoms with Crippen LogP contribution in [-0.4, -0.2) is 16.8 Å². The summed E-state index contributed by atoms with van der Waals surface area (Å²) >= 11 is 3.87. The third kappa shape index (κ3) is 5.26. The van der Waals surface area contributed by atoms with Gasteiger partial charge in [0.05, 0.1) is 11.3 Å². The highest BCUT2D eigenvalue weighted by molar-refractivity contribution is 7.78. The second kappa shape index (κ2) is 7.93. The number of nitrogens with two attached hydrogens (primary N) is 1. The van der Waals surface area contributed by atoms with E-state index < -0.39 is 17.7 Å². The predicted octanol–water partition coefficient (Wildman–Crippen LogP) is 4.22.